The maximum Gasteiger partial charge on any atom is 0.0968 e. The Morgan fingerprint density at radius 1 is 1.29 bits per heavy atom. The van der Waals surface area contributed by atoms with Crippen LogP contribution in [0.15, 0.2) is 4.99 Å². The van der Waals surface area contributed by atoms with Crippen LogP contribution >= 0.6 is 0 Å². The Kier molecular flexibility index (Phi) is 5.65. The standard InChI is InChI=1S/C12H24N2/c1-2-3-4-5-6-8-11-9-7-10-14-12(11)13/h11H,2-10H2,1H3,(H2,13,14). The first-order valence-corrected chi connectivity index (χ1v) is 6.14. The first-order valence-electron chi connectivity index (χ1n) is 6.14. The molecule has 0 aromatic heterocycles. The van der Waals surface area contributed by atoms with Crippen molar-refractivity contribution in [1.82, 2.24) is 0 Å². The molecule has 0 saturated heterocycles. The van der Waals surface area contributed by atoms with Crippen LogP contribution in [0.25, 0.3) is 0 Å². The zero-order valence-electron chi connectivity index (χ0n) is 9.47. The molecule has 2 heteroatoms. The van der Waals surface area contributed by atoms with Gasteiger partial charge in [0.05, 0.1) is 5.84 Å². The van der Waals surface area contributed by atoms with Crippen molar-refractivity contribution in [3.8, 4) is 0 Å². The van der Waals surface area contributed by atoms with Crippen molar-refractivity contribution in [2.45, 2.75) is 58.3 Å². The quantitative estimate of drug-likeness (QED) is 0.651. The topological polar surface area (TPSA) is 38.4 Å². The van der Waals surface area contributed by atoms with Gasteiger partial charge in [0, 0.05) is 12.5 Å². The molecule has 1 rings (SSSR count). The van der Waals surface area contributed by atoms with E-state index in [1.807, 2.05) is 0 Å². The fourth-order valence-corrected chi connectivity index (χ4v) is 2.11. The van der Waals surface area contributed by atoms with Gasteiger partial charge in [0.25, 0.3) is 0 Å². The molecule has 0 aromatic carbocycles. The largest absolute Gasteiger partial charge is 0.387 e. The van der Waals surface area contributed by atoms with E-state index in [1.165, 1.54) is 51.4 Å². The molecule has 0 aromatic rings. The Bertz CT molecular complexity index is 175. The van der Waals surface area contributed by atoms with Gasteiger partial charge in [0.15, 0.2) is 0 Å². The molecule has 0 amide bonds. The third kappa shape index (κ3) is 4.12. The third-order valence-corrected chi connectivity index (χ3v) is 3.08. The molecular formula is C12H24N2. The number of hydrogen-bond acceptors (Lipinski definition) is 2. The van der Waals surface area contributed by atoms with Crippen LogP contribution in [0.2, 0.25) is 0 Å². The summed E-state index contributed by atoms with van der Waals surface area (Å²) in [4.78, 5) is 4.32. The minimum Gasteiger partial charge on any atom is -0.387 e. The lowest BCUT2D eigenvalue weighted by Crippen LogP contribution is -2.27. The third-order valence-electron chi connectivity index (χ3n) is 3.08. The Morgan fingerprint density at radius 3 is 2.79 bits per heavy atom. The molecule has 82 valence electrons. The van der Waals surface area contributed by atoms with E-state index < -0.39 is 0 Å². The van der Waals surface area contributed by atoms with E-state index in [1.54, 1.807) is 0 Å². The van der Waals surface area contributed by atoms with Gasteiger partial charge >= 0.3 is 0 Å². The normalized spacial score (nSPS) is 22.1. The fraction of sp³-hybridized carbons (Fsp3) is 0.917. The van der Waals surface area contributed by atoms with Gasteiger partial charge in [-0.05, 0) is 19.3 Å². The lowest BCUT2D eigenvalue weighted by Gasteiger charge is -2.19. The summed E-state index contributed by atoms with van der Waals surface area (Å²) in [5.41, 5.74) is 5.87. The first kappa shape index (κ1) is 11.5. The van der Waals surface area contributed by atoms with E-state index in [2.05, 4.69) is 11.9 Å². The van der Waals surface area contributed by atoms with Gasteiger partial charge in [0.1, 0.15) is 0 Å². The summed E-state index contributed by atoms with van der Waals surface area (Å²) < 4.78 is 0. The van der Waals surface area contributed by atoms with E-state index in [0.717, 1.165) is 12.4 Å². The van der Waals surface area contributed by atoms with Crippen LogP contribution in [0, 0.1) is 5.92 Å². The predicted molar refractivity (Wildman–Crippen MR) is 62.6 cm³/mol. The van der Waals surface area contributed by atoms with E-state index in [4.69, 9.17) is 5.73 Å². The van der Waals surface area contributed by atoms with Crippen LogP contribution in [0.4, 0.5) is 0 Å². The smallest absolute Gasteiger partial charge is 0.0968 e. The molecule has 0 bridgehead atoms. The van der Waals surface area contributed by atoms with Crippen molar-refractivity contribution in [3.63, 3.8) is 0 Å². The number of hydrogen-bond donors (Lipinski definition) is 1. The Morgan fingerprint density at radius 2 is 2.07 bits per heavy atom. The highest BCUT2D eigenvalue weighted by molar-refractivity contribution is 5.83. The summed E-state index contributed by atoms with van der Waals surface area (Å²) in [6.45, 7) is 3.21. The van der Waals surface area contributed by atoms with E-state index in [9.17, 15) is 0 Å². The molecule has 1 aliphatic heterocycles. The zero-order chi connectivity index (χ0) is 10.2. The summed E-state index contributed by atoms with van der Waals surface area (Å²) in [7, 11) is 0. The molecule has 2 N–H and O–H groups in total. The van der Waals surface area contributed by atoms with Crippen LogP contribution in [0.5, 0.6) is 0 Å². The van der Waals surface area contributed by atoms with Crippen molar-refractivity contribution in [1.29, 1.82) is 0 Å². The van der Waals surface area contributed by atoms with Crippen LogP contribution in [-0.2, 0) is 0 Å². The highest BCUT2D eigenvalue weighted by atomic mass is 14.9. The average Bonchev–Trinajstić information content (AvgIpc) is 2.20. The molecule has 1 atom stereocenters. The highest BCUT2D eigenvalue weighted by Gasteiger charge is 2.15. The van der Waals surface area contributed by atoms with E-state index in [-0.39, 0.29) is 0 Å². The summed E-state index contributed by atoms with van der Waals surface area (Å²) >= 11 is 0. The van der Waals surface area contributed by atoms with Crippen LogP contribution in [-0.4, -0.2) is 12.4 Å². The number of nitrogens with zero attached hydrogens (tertiary/aromatic N) is 1. The number of rotatable bonds is 6. The van der Waals surface area contributed by atoms with Crippen molar-refractivity contribution in [2.75, 3.05) is 6.54 Å². The van der Waals surface area contributed by atoms with Crippen LogP contribution in [0.3, 0.4) is 0 Å². The first-order chi connectivity index (χ1) is 6.84. The SMILES string of the molecule is CCCCCCCC1CCCN=C1N. The molecular weight excluding hydrogens is 172 g/mol. The summed E-state index contributed by atoms with van der Waals surface area (Å²) in [6.07, 6.45) is 10.6. The minimum atomic E-state index is 0.602. The van der Waals surface area contributed by atoms with Crippen LogP contribution in [0.1, 0.15) is 58.3 Å². The second kappa shape index (κ2) is 6.86. The summed E-state index contributed by atoms with van der Waals surface area (Å²) in [5.74, 6) is 1.53. The van der Waals surface area contributed by atoms with Gasteiger partial charge < -0.3 is 5.73 Å². The molecule has 0 spiro atoms. The fourth-order valence-electron chi connectivity index (χ4n) is 2.11. The van der Waals surface area contributed by atoms with Gasteiger partial charge in [-0.3, -0.25) is 4.99 Å². The molecule has 1 heterocycles. The number of unbranched alkanes of at least 4 members (excludes halogenated alkanes) is 4. The Balaban J connectivity index is 2.05. The van der Waals surface area contributed by atoms with Gasteiger partial charge in [-0.15, -0.1) is 0 Å². The molecule has 1 aliphatic rings. The van der Waals surface area contributed by atoms with Crippen molar-refractivity contribution in [2.24, 2.45) is 16.6 Å². The summed E-state index contributed by atoms with van der Waals surface area (Å²) in [5, 5.41) is 0. The number of aliphatic imine (C=N–C) groups is 1. The number of nitrogens with two attached hydrogens (primary N) is 1. The van der Waals surface area contributed by atoms with E-state index in [0.29, 0.717) is 5.92 Å². The van der Waals surface area contributed by atoms with Crippen molar-refractivity contribution < 1.29 is 0 Å². The average molecular weight is 196 g/mol. The molecule has 0 radical (unpaired) electrons. The van der Waals surface area contributed by atoms with Crippen molar-refractivity contribution in [3.05, 3.63) is 0 Å². The Hall–Kier alpha value is -0.530. The Labute approximate surface area is 88.0 Å². The molecule has 2 nitrogen and oxygen atoms in total. The maximum absolute atomic E-state index is 5.87. The molecule has 0 saturated carbocycles. The molecule has 14 heavy (non-hydrogen) atoms. The molecule has 0 fully saturated rings. The van der Waals surface area contributed by atoms with E-state index >= 15 is 0 Å². The zero-order valence-corrected chi connectivity index (χ0v) is 9.47. The van der Waals surface area contributed by atoms with Gasteiger partial charge in [-0.1, -0.05) is 39.0 Å². The van der Waals surface area contributed by atoms with Crippen LogP contribution < -0.4 is 5.73 Å². The summed E-state index contributed by atoms with van der Waals surface area (Å²) in [6, 6.07) is 0. The second-order valence-electron chi connectivity index (χ2n) is 4.35. The highest BCUT2D eigenvalue weighted by Crippen LogP contribution is 2.19. The van der Waals surface area contributed by atoms with Crippen molar-refractivity contribution >= 4 is 5.84 Å². The van der Waals surface area contributed by atoms with Gasteiger partial charge in [0.2, 0.25) is 0 Å². The predicted octanol–water partition coefficient (Wildman–Crippen LogP) is 3.11. The lowest BCUT2D eigenvalue weighted by atomic mass is 9.93. The minimum absolute atomic E-state index is 0.602. The molecule has 0 aliphatic carbocycles. The van der Waals surface area contributed by atoms with Gasteiger partial charge in [-0.2, -0.15) is 0 Å². The lowest BCUT2D eigenvalue weighted by molar-refractivity contribution is 0.489. The van der Waals surface area contributed by atoms with Gasteiger partial charge in [-0.25, -0.2) is 0 Å². The molecule has 1 unspecified atom stereocenters. The monoisotopic (exact) mass is 196 g/mol. The second-order valence-corrected chi connectivity index (χ2v) is 4.35. The number of amidine groups is 1. The maximum atomic E-state index is 5.87.